The fourth-order valence-electron chi connectivity index (χ4n) is 2.71. The van der Waals surface area contributed by atoms with E-state index in [2.05, 4.69) is 55.2 Å². The van der Waals surface area contributed by atoms with Gasteiger partial charge in [-0.2, -0.15) is 0 Å². The number of nitrogens with two attached hydrogens (primary N) is 1. The molecular formula is C17H20BrN5O. The third kappa shape index (κ3) is 3.85. The molecule has 6 nitrogen and oxygen atoms in total. The van der Waals surface area contributed by atoms with Gasteiger partial charge in [-0.15, -0.1) is 0 Å². The van der Waals surface area contributed by atoms with Crippen LogP contribution >= 0.6 is 15.9 Å². The minimum atomic E-state index is -0.556. The standard InChI is InChI=1S/C17H20BrN5O/c1-22-6-8-23(9-7-22)14-4-2-13(3-5-14)21-15-10-12(18)11-20-16(15)17(19)24/h2-5,10-11,21H,6-9H2,1H3,(H2,19,24). The topological polar surface area (TPSA) is 74.5 Å². The Balaban J connectivity index is 1.75. The normalized spacial score (nSPS) is 15.3. The van der Waals surface area contributed by atoms with Crippen LogP contribution in [-0.4, -0.2) is 49.0 Å². The Morgan fingerprint density at radius 1 is 1.21 bits per heavy atom. The van der Waals surface area contributed by atoms with Gasteiger partial charge in [0.15, 0.2) is 5.69 Å². The number of carbonyl (C=O) groups excluding carboxylic acids is 1. The summed E-state index contributed by atoms with van der Waals surface area (Å²) in [4.78, 5) is 20.3. The molecule has 1 aliphatic heterocycles. The maximum atomic E-state index is 11.5. The molecule has 0 aliphatic carbocycles. The number of pyridine rings is 1. The smallest absolute Gasteiger partial charge is 0.269 e. The first-order valence-electron chi connectivity index (χ1n) is 7.79. The van der Waals surface area contributed by atoms with E-state index >= 15 is 0 Å². The zero-order valence-electron chi connectivity index (χ0n) is 13.5. The lowest BCUT2D eigenvalue weighted by atomic mass is 10.2. The molecule has 24 heavy (non-hydrogen) atoms. The summed E-state index contributed by atoms with van der Waals surface area (Å²) in [5, 5.41) is 3.21. The summed E-state index contributed by atoms with van der Waals surface area (Å²) in [6.45, 7) is 4.21. The molecule has 3 N–H and O–H groups in total. The van der Waals surface area contributed by atoms with Gasteiger partial charge in [0.2, 0.25) is 0 Å². The lowest BCUT2D eigenvalue weighted by Gasteiger charge is -2.34. The van der Waals surface area contributed by atoms with Gasteiger partial charge in [0.05, 0.1) is 5.69 Å². The monoisotopic (exact) mass is 389 g/mol. The number of benzene rings is 1. The van der Waals surface area contributed by atoms with Crippen molar-refractivity contribution < 1.29 is 4.79 Å². The maximum Gasteiger partial charge on any atom is 0.269 e. The Morgan fingerprint density at radius 2 is 1.88 bits per heavy atom. The quantitative estimate of drug-likeness (QED) is 0.839. The number of hydrogen-bond donors (Lipinski definition) is 2. The molecule has 1 aliphatic rings. The third-order valence-corrected chi connectivity index (χ3v) is 4.54. The summed E-state index contributed by atoms with van der Waals surface area (Å²) >= 11 is 3.36. The molecule has 0 unspecified atom stereocenters. The molecule has 1 aromatic carbocycles. The van der Waals surface area contributed by atoms with E-state index in [9.17, 15) is 4.79 Å². The number of anilines is 3. The summed E-state index contributed by atoms with van der Waals surface area (Å²) in [6, 6.07) is 9.96. The Kier molecular flexibility index (Phi) is 5.01. The van der Waals surface area contributed by atoms with Crippen molar-refractivity contribution in [1.82, 2.24) is 9.88 Å². The molecule has 2 heterocycles. The van der Waals surface area contributed by atoms with Crippen molar-refractivity contribution in [2.24, 2.45) is 5.73 Å². The molecule has 7 heteroatoms. The SMILES string of the molecule is CN1CCN(c2ccc(Nc3cc(Br)cnc3C(N)=O)cc2)CC1. The summed E-state index contributed by atoms with van der Waals surface area (Å²) in [5.41, 5.74) is 8.28. The van der Waals surface area contributed by atoms with Gasteiger partial charge in [0.1, 0.15) is 0 Å². The van der Waals surface area contributed by atoms with Crippen molar-refractivity contribution in [3.05, 3.63) is 46.7 Å². The van der Waals surface area contributed by atoms with Gasteiger partial charge in [0, 0.05) is 48.2 Å². The molecule has 0 spiro atoms. The van der Waals surface area contributed by atoms with Crippen LogP contribution in [0.4, 0.5) is 17.1 Å². The molecular weight excluding hydrogens is 370 g/mol. The van der Waals surface area contributed by atoms with Crippen LogP contribution in [0.25, 0.3) is 0 Å². The number of nitrogens with zero attached hydrogens (tertiary/aromatic N) is 3. The van der Waals surface area contributed by atoms with Crippen LogP contribution in [-0.2, 0) is 0 Å². The Hall–Kier alpha value is -2.12. The molecule has 1 amide bonds. The van der Waals surface area contributed by atoms with E-state index < -0.39 is 5.91 Å². The second-order valence-electron chi connectivity index (χ2n) is 5.88. The third-order valence-electron chi connectivity index (χ3n) is 4.10. The predicted octanol–water partition coefficient (Wildman–Crippen LogP) is 2.44. The number of primary amides is 1. The second kappa shape index (κ2) is 7.19. The van der Waals surface area contributed by atoms with Gasteiger partial charge in [-0.3, -0.25) is 4.79 Å². The summed E-state index contributed by atoms with van der Waals surface area (Å²) in [7, 11) is 2.15. The van der Waals surface area contributed by atoms with Crippen molar-refractivity contribution >= 4 is 38.9 Å². The van der Waals surface area contributed by atoms with Gasteiger partial charge in [-0.05, 0) is 53.3 Å². The highest BCUT2D eigenvalue weighted by atomic mass is 79.9. The van der Waals surface area contributed by atoms with Crippen LogP contribution in [0.1, 0.15) is 10.5 Å². The Labute approximate surface area is 149 Å². The van der Waals surface area contributed by atoms with Crippen LogP contribution in [0.3, 0.4) is 0 Å². The Morgan fingerprint density at radius 3 is 2.50 bits per heavy atom. The van der Waals surface area contributed by atoms with Crippen molar-refractivity contribution in [3.8, 4) is 0 Å². The minimum Gasteiger partial charge on any atom is -0.369 e. The average molecular weight is 390 g/mol. The first kappa shape index (κ1) is 16.7. The van der Waals surface area contributed by atoms with Crippen molar-refractivity contribution in [1.29, 1.82) is 0 Å². The van der Waals surface area contributed by atoms with E-state index in [-0.39, 0.29) is 5.69 Å². The Bertz CT molecular complexity index is 726. The van der Waals surface area contributed by atoms with Crippen LogP contribution in [0, 0.1) is 0 Å². The number of nitrogens with one attached hydrogen (secondary N) is 1. The van der Waals surface area contributed by atoms with Crippen molar-refractivity contribution in [2.45, 2.75) is 0 Å². The van der Waals surface area contributed by atoms with Crippen molar-refractivity contribution in [3.63, 3.8) is 0 Å². The van der Waals surface area contributed by atoms with E-state index in [0.717, 1.165) is 36.3 Å². The lowest BCUT2D eigenvalue weighted by molar-refractivity contribution is 0.0996. The molecule has 1 saturated heterocycles. The van der Waals surface area contributed by atoms with Gasteiger partial charge >= 0.3 is 0 Å². The molecule has 1 fully saturated rings. The number of aromatic nitrogens is 1. The van der Waals surface area contributed by atoms with Crippen LogP contribution in [0.2, 0.25) is 0 Å². The van der Waals surface area contributed by atoms with E-state index in [1.165, 1.54) is 5.69 Å². The number of amides is 1. The number of piperazine rings is 1. The fraction of sp³-hybridized carbons (Fsp3) is 0.294. The zero-order valence-corrected chi connectivity index (χ0v) is 15.1. The zero-order chi connectivity index (χ0) is 17.1. The van der Waals surface area contributed by atoms with Crippen LogP contribution in [0.15, 0.2) is 41.0 Å². The summed E-state index contributed by atoms with van der Waals surface area (Å²) in [5.74, 6) is -0.556. The molecule has 2 aromatic rings. The number of likely N-dealkylation sites (N-methyl/N-ethyl adjacent to an activating group) is 1. The largest absolute Gasteiger partial charge is 0.369 e. The highest BCUT2D eigenvalue weighted by Gasteiger charge is 2.14. The number of rotatable bonds is 4. The van der Waals surface area contributed by atoms with Crippen LogP contribution in [0.5, 0.6) is 0 Å². The second-order valence-corrected chi connectivity index (χ2v) is 6.79. The number of hydrogen-bond acceptors (Lipinski definition) is 5. The average Bonchev–Trinajstić information content (AvgIpc) is 2.56. The highest BCUT2D eigenvalue weighted by Crippen LogP contribution is 2.25. The molecule has 126 valence electrons. The summed E-state index contributed by atoms with van der Waals surface area (Å²) in [6.07, 6.45) is 1.56. The molecule has 0 bridgehead atoms. The minimum absolute atomic E-state index is 0.223. The van der Waals surface area contributed by atoms with E-state index in [0.29, 0.717) is 5.69 Å². The number of halogens is 1. The molecule has 0 saturated carbocycles. The first-order chi connectivity index (χ1) is 11.5. The fourth-order valence-corrected chi connectivity index (χ4v) is 3.04. The molecule has 3 rings (SSSR count). The summed E-state index contributed by atoms with van der Waals surface area (Å²) < 4.78 is 0.782. The lowest BCUT2D eigenvalue weighted by Crippen LogP contribution is -2.44. The van der Waals surface area contributed by atoms with Gasteiger partial charge in [0.25, 0.3) is 5.91 Å². The van der Waals surface area contributed by atoms with E-state index in [4.69, 9.17) is 5.73 Å². The number of carbonyl (C=O) groups is 1. The maximum absolute atomic E-state index is 11.5. The highest BCUT2D eigenvalue weighted by molar-refractivity contribution is 9.10. The van der Waals surface area contributed by atoms with E-state index in [1.807, 2.05) is 12.1 Å². The van der Waals surface area contributed by atoms with Crippen LogP contribution < -0.4 is 16.0 Å². The van der Waals surface area contributed by atoms with Crippen molar-refractivity contribution in [2.75, 3.05) is 43.4 Å². The van der Waals surface area contributed by atoms with Gasteiger partial charge in [-0.25, -0.2) is 4.98 Å². The van der Waals surface area contributed by atoms with Gasteiger partial charge in [-0.1, -0.05) is 0 Å². The van der Waals surface area contributed by atoms with E-state index in [1.54, 1.807) is 12.3 Å². The van der Waals surface area contributed by atoms with Gasteiger partial charge < -0.3 is 20.9 Å². The first-order valence-corrected chi connectivity index (χ1v) is 8.58. The predicted molar refractivity (Wildman–Crippen MR) is 99.9 cm³/mol. The molecule has 0 radical (unpaired) electrons. The molecule has 1 aromatic heterocycles. The molecule has 0 atom stereocenters.